The number of anilines is 2. The molecule has 3 aromatic rings. The molecule has 0 radical (unpaired) electrons. The second-order valence-electron chi connectivity index (χ2n) is 5.73. The van der Waals surface area contributed by atoms with Crippen LogP contribution in [-0.4, -0.2) is 22.4 Å². The van der Waals surface area contributed by atoms with E-state index >= 15 is 0 Å². The van der Waals surface area contributed by atoms with Crippen LogP contribution >= 0.6 is 11.6 Å². The van der Waals surface area contributed by atoms with Crippen molar-refractivity contribution in [3.8, 4) is 0 Å². The molecule has 0 aliphatic carbocycles. The normalized spacial score (nSPS) is 10.4. The van der Waals surface area contributed by atoms with Crippen molar-refractivity contribution < 1.29 is 4.79 Å². The molecule has 1 N–H and O–H groups in total. The van der Waals surface area contributed by atoms with Gasteiger partial charge in [0.1, 0.15) is 17.8 Å². The fourth-order valence-electron chi connectivity index (χ4n) is 2.56. The summed E-state index contributed by atoms with van der Waals surface area (Å²) in [7, 11) is 0. The quantitative estimate of drug-likeness (QED) is 0.702. The lowest BCUT2D eigenvalue weighted by Crippen LogP contribution is -2.24. The second-order valence-corrected chi connectivity index (χ2v) is 6.16. The average Bonchev–Trinajstić information content (AvgIpc) is 2.67. The van der Waals surface area contributed by atoms with Gasteiger partial charge in [0.05, 0.1) is 0 Å². The minimum atomic E-state index is -0.299. The van der Waals surface area contributed by atoms with Gasteiger partial charge in [0.2, 0.25) is 0 Å². The Labute approximate surface area is 157 Å². The van der Waals surface area contributed by atoms with E-state index in [-0.39, 0.29) is 5.91 Å². The number of hydrogen-bond donors (Lipinski definition) is 1. The minimum Gasteiger partial charge on any atom is -0.352 e. The van der Waals surface area contributed by atoms with Crippen LogP contribution in [0.2, 0.25) is 5.02 Å². The molecule has 0 atom stereocenters. The number of halogens is 1. The van der Waals surface area contributed by atoms with Crippen LogP contribution in [0, 0.1) is 0 Å². The molecule has 1 aromatic heterocycles. The number of amides is 1. The maximum absolute atomic E-state index is 12.5. The largest absolute Gasteiger partial charge is 0.352 e. The number of hydrogen-bond acceptors (Lipinski definition) is 4. The van der Waals surface area contributed by atoms with Gasteiger partial charge < -0.3 is 10.2 Å². The molecule has 0 bridgehead atoms. The fourth-order valence-corrected chi connectivity index (χ4v) is 2.75. The first kappa shape index (κ1) is 17.9. The van der Waals surface area contributed by atoms with E-state index in [9.17, 15) is 4.79 Å². The molecule has 0 unspecified atom stereocenters. The highest BCUT2D eigenvalue weighted by molar-refractivity contribution is 6.30. The monoisotopic (exact) mass is 366 g/mol. The third-order valence-electron chi connectivity index (χ3n) is 3.89. The van der Waals surface area contributed by atoms with Crippen LogP contribution in [-0.2, 0) is 6.54 Å². The van der Waals surface area contributed by atoms with Gasteiger partial charge in [-0.1, -0.05) is 48.0 Å². The van der Waals surface area contributed by atoms with Crippen molar-refractivity contribution in [1.82, 2.24) is 9.97 Å². The first-order valence-electron chi connectivity index (χ1n) is 8.33. The summed E-state index contributed by atoms with van der Waals surface area (Å²) in [4.78, 5) is 23.0. The van der Waals surface area contributed by atoms with Crippen LogP contribution in [0.3, 0.4) is 0 Å². The zero-order valence-electron chi connectivity index (χ0n) is 14.4. The van der Waals surface area contributed by atoms with Gasteiger partial charge >= 0.3 is 0 Å². The third kappa shape index (κ3) is 4.58. The van der Waals surface area contributed by atoms with Gasteiger partial charge in [-0.15, -0.1) is 0 Å². The Morgan fingerprint density at radius 2 is 1.88 bits per heavy atom. The molecule has 26 heavy (non-hydrogen) atoms. The molecule has 0 aliphatic rings. The van der Waals surface area contributed by atoms with Crippen molar-refractivity contribution >= 4 is 29.0 Å². The van der Waals surface area contributed by atoms with E-state index in [1.54, 1.807) is 30.3 Å². The Hall–Kier alpha value is -2.92. The highest BCUT2D eigenvalue weighted by atomic mass is 35.5. The Morgan fingerprint density at radius 3 is 2.62 bits per heavy atom. The number of rotatable bonds is 6. The van der Waals surface area contributed by atoms with Crippen molar-refractivity contribution in [2.75, 3.05) is 16.8 Å². The number of benzene rings is 2. The number of nitrogens with one attached hydrogen (secondary N) is 1. The molecule has 0 fully saturated rings. The SMILES string of the molecule is CCN(Cc1ccccc1)c1cc(C(=O)Nc2cccc(Cl)c2)ncn1. The summed E-state index contributed by atoms with van der Waals surface area (Å²) in [5.74, 6) is 0.411. The molecule has 0 saturated carbocycles. The number of nitrogens with zero attached hydrogens (tertiary/aromatic N) is 3. The lowest BCUT2D eigenvalue weighted by Gasteiger charge is -2.22. The van der Waals surface area contributed by atoms with Crippen molar-refractivity contribution in [1.29, 1.82) is 0 Å². The van der Waals surface area contributed by atoms with Gasteiger partial charge in [-0.05, 0) is 30.7 Å². The van der Waals surface area contributed by atoms with E-state index in [1.807, 2.05) is 18.2 Å². The molecule has 3 rings (SSSR count). The van der Waals surface area contributed by atoms with Gasteiger partial charge in [0.15, 0.2) is 0 Å². The summed E-state index contributed by atoms with van der Waals surface area (Å²) in [6.45, 7) is 3.53. The average molecular weight is 367 g/mol. The molecule has 5 nitrogen and oxygen atoms in total. The fraction of sp³-hybridized carbons (Fsp3) is 0.150. The predicted molar refractivity (Wildman–Crippen MR) is 105 cm³/mol. The van der Waals surface area contributed by atoms with Crippen LogP contribution in [0.25, 0.3) is 0 Å². The lowest BCUT2D eigenvalue weighted by molar-refractivity contribution is 0.102. The predicted octanol–water partition coefficient (Wildman–Crippen LogP) is 4.41. The maximum Gasteiger partial charge on any atom is 0.274 e. The molecular formula is C20H19ClN4O. The van der Waals surface area contributed by atoms with E-state index in [2.05, 4.69) is 39.2 Å². The Kier molecular flexibility index (Phi) is 5.81. The summed E-state index contributed by atoms with van der Waals surface area (Å²) >= 11 is 5.95. The number of carbonyl (C=O) groups is 1. The van der Waals surface area contributed by atoms with Crippen LogP contribution in [0.15, 0.2) is 67.0 Å². The van der Waals surface area contributed by atoms with E-state index < -0.39 is 0 Å². The Morgan fingerprint density at radius 1 is 1.08 bits per heavy atom. The molecule has 2 aromatic carbocycles. The van der Waals surface area contributed by atoms with Crippen molar-refractivity contribution in [3.63, 3.8) is 0 Å². The van der Waals surface area contributed by atoms with Crippen LogP contribution in [0.1, 0.15) is 23.0 Å². The van der Waals surface area contributed by atoms with Crippen LogP contribution in [0.4, 0.5) is 11.5 Å². The molecule has 0 saturated heterocycles. The number of aromatic nitrogens is 2. The summed E-state index contributed by atoms with van der Waals surface area (Å²) < 4.78 is 0. The maximum atomic E-state index is 12.5. The summed E-state index contributed by atoms with van der Waals surface area (Å²) in [6, 6.07) is 18.8. The van der Waals surface area contributed by atoms with E-state index in [0.29, 0.717) is 28.8 Å². The first-order valence-corrected chi connectivity index (χ1v) is 8.71. The van der Waals surface area contributed by atoms with Crippen LogP contribution in [0.5, 0.6) is 0 Å². The molecule has 1 heterocycles. The van der Waals surface area contributed by atoms with E-state index in [0.717, 1.165) is 6.54 Å². The molecule has 1 amide bonds. The zero-order valence-corrected chi connectivity index (χ0v) is 15.1. The van der Waals surface area contributed by atoms with E-state index in [1.165, 1.54) is 11.9 Å². The van der Waals surface area contributed by atoms with Gasteiger partial charge in [-0.2, -0.15) is 0 Å². The topological polar surface area (TPSA) is 58.1 Å². The highest BCUT2D eigenvalue weighted by Crippen LogP contribution is 2.18. The van der Waals surface area contributed by atoms with Gasteiger partial charge in [0.25, 0.3) is 5.91 Å². The standard InChI is InChI=1S/C20H19ClN4O/c1-2-25(13-15-7-4-3-5-8-15)19-12-18(22-14-23-19)20(26)24-17-10-6-9-16(21)11-17/h3-12,14H,2,13H2,1H3,(H,24,26). The molecule has 6 heteroatoms. The third-order valence-corrected chi connectivity index (χ3v) is 4.12. The van der Waals surface area contributed by atoms with Crippen molar-refractivity contribution in [2.45, 2.75) is 13.5 Å². The minimum absolute atomic E-state index is 0.299. The van der Waals surface area contributed by atoms with Gasteiger partial charge in [-0.3, -0.25) is 4.79 Å². The van der Waals surface area contributed by atoms with Crippen molar-refractivity contribution in [3.05, 3.63) is 83.3 Å². The Bertz CT molecular complexity index is 886. The zero-order chi connectivity index (χ0) is 18.4. The molecule has 0 aliphatic heterocycles. The number of carbonyl (C=O) groups excluding carboxylic acids is 1. The van der Waals surface area contributed by atoms with Gasteiger partial charge in [0, 0.05) is 29.9 Å². The van der Waals surface area contributed by atoms with Crippen molar-refractivity contribution in [2.24, 2.45) is 0 Å². The van der Waals surface area contributed by atoms with Crippen LogP contribution < -0.4 is 10.2 Å². The lowest BCUT2D eigenvalue weighted by atomic mass is 10.2. The summed E-state index contributed by atoms with van der Waals surface area (Å²) in [5, 5.41) is 3.36. The van der Waals surface area contributed by atoms with E-state index in [4.69, 9.17) is 11.6 Å². The highest BCUT2D eigenvalue weighted by Gasteiger charge is 2.13. The Balaban J connectivity index is 1.77. The molecule has 0 spiro atoms. The molecular weight excluding hydrogens is 348 g/mol. The summed E-state index contributed by atoms with van der Waals surface area (Å²) in [5.41, 5.74) is 2.11. The molecule has 132 valence electrons. The smallest absolute Gasteiger partial charge is 0.274 e. The second kappa shape index (κ2) is 8.45. The summed E-state index contributed by atoms with van der Waals surface area (Å²) in [6.07, 6.45) is 1.41. The van der Waals surface area contributed by atoms with Gasteiger partial charge in [-0.25, -0.2) is 9.97 Å². The first-order chi connectivity index (χ1) is 12.7.